The molecule has 21 heavy (non-hydrogen) atoms. The summed E-state index contributed by atoms with van der Waals surface area (Å²) in [6, 6.07) is 5.69. The number of rotatable bonds is 10. The fourth-order valence-corrected chi connectivity index (χ4v) is 2.22. The summed E-state index contributed by atoms with van der Waals surface area (Å²) in [4.78, 5) is 10.9. The van der Waals surface area contributed by atoms with Crippen molar-refractivity contribution < 1.29 is 19.4 Å². The largest absolute Gasteiger partial charge is 0.490 e. The number of likely N-dealkylation sites (N-methyl/N-ethyl adjacent to an activating group) is 1. The van der Waals surface area contributed by atoms with E-state index in [4.69, 9.17) is 14.6 Å². The average molecular weight is 295 g/mol. The molecule has 1 aromatic carbocycles. The van der Waals surface area contributed by atoms with E-state index >= 15 is 0 Å². The van der Waals surface area contributed by atoms with Crippen LogP contribution in [0.4, 0.5) is 0 Å². The van der Waals surface area contributed by atoms with E-state index in [1.165, 1.54) is 0 Å². The third-order valence-electron chi connectivity index (χ3n) is 3.00. The van der Waals surface area contributed by atoms with E-state index < -0.39 is 5.97 Å². The first-order chi connectivity index (χ1) is 10.1. The molecular formula is C16H25NO4. The average Bonchev–Trinajstić information content (AvgIpc) is 2.42. The second kappa shape index (κ2) is 9.23. The highest BCUT2D eigenvalue weighted by Crippen LogP contribution is 2.29. The molecule has 118 valence electrons. The minimum absolute atomic E-state index is 0.0834. The molecule has 1 atom stereocenters. The smallest absolute Gasteiger partial charge is 0.304 e. The van der Waals surface area contributed by atoms with Crippen molar-refractivity contribution >= 4 is 5.97 Å². The Kier molecular flexibility index (Phi) is 7.61. The van der Waals surface area contributed by atoms with Gasteiger partial charge in [0, 0.05) is 6.04 Å². The maximum Gasteiger partial charge on any atom is 0.304 e. The minimum atomic E-state index is -0.795. The number of hydrogen-bond donors (Lipinski definition) is 2. The van der Waals surface area contributed by atoms with Crippen molar-refractivity contribution in [2.24, 2.45) is 0 Å². The Balaban J connectivity index is 2.85. The second-order valence-corrected chi connectivity index (χ2v) is 4.70. The van der Waals surface area contributed by atoms with Gasteiger partial charge in [-0.25, -0.2) is 0 Å². The zero-order valence-corrected chi connectivity index (χ0v) is 13.0. The first kappa shape index (κ1) is 17.3. The van der Waals surface area contributed by atoms with Gasteiger partial charge in [-0.3, -0.25) is 4.79 Å². The van der Waals surface area contributed by atoms with Crippen LogP contribution in [0.2, 0.25) is 0 Å². The van der Waals surface area contributed by atoms with Gasteiger partial charge in [0.25, 0.3) is 0 Å². The Labute approximate surface area is 126 Å². The van der Waals surface area contributed by atoms with Crippen molar-refractivity contribution in [3.63, 3.8) is 0 Å². The number of carbonyl (C=O) groups is 1. The number of aliphatic carboxylic acids is 1. The van der Waals surface area contributed by atoms with E-state index in [9.17, 15) is 4.79 Å². The molecule has 1 rings (SSSR count). The Hall–Kier alpha value is -1.75. The van der Waals surface area contributed by atoms with Crippen molar-refractivity contribution in [2.45, 2.75) is 39.7 Å². The molecule has 0 saturated heterocycles. The van der Waals surface area contributed by atoms with Gasteiger partial charge in [0.1, 0.15) is 0 Å². The van der Waals surface area contributed by atoms with Crippen LogP contribution in [-0.2, 0) is 11.2 Å². The summed E-state index contributed by atoms with van der Waals surface area (Å²) in [7, 11) is 0. The van der Waals surface area contributed by atoms with Crippen LogP contribution in [0.3, 0.4) is 0 Å². The van der Waals surface area contributed by atoms with Gasteiger partial charge in [0.05, 0.1) is 19.6 Å². The Morgan fingerprint density at radius 3 is 2.43 bits per heavy atom. The molecule has 5 nitrogen and oxygen atoms in total. The third kappa shape index (κ3) is 6.04. The molecule has 0 fully saturated rings. The lowest BCUT2D eigenvalue weighted by Crippen LogP contribution is -2.33. The molecule has 2 N–H and O–H groups in total. The van der Waals surface area contributed by atoms with Gasteiger partial charge in [-0.15, -0.1) is 0 Å². The highest BCUT2D eigenvalue weighted by atomic mass is 16.5. The van der Waals surface area contributed by atoms with Crippen LogP contribution in [0.25, 0.3) is 0 Å². The number of carboxylic acid groups (broad SMARTS) is 1. The lowest BCUT2D eigenvalue weighted by Gasteiger charge is -2.17. The fraction of sp³-hybridized carbons (Fsp3) is 0.562. The van der Waals surface area contributed by atoms with E-state index in [0.29, 0.717) is 25.4 Å². The lowest BCUT2D eigenvalue weighted by molar-refractivity contribution is -0.137. The molecule has 1 aromatic rings. The van der Waals surface area contributed by atoms with Crippen molar-refractivity contribution in [3.8, 4) is 11.5 Å². The first-order valence-electron chi connectivity index (χ1n) is 7.44. The standard InChI is InChI=1S/C16H25NO4/c1-4-17-13(11-16(18)19)9-12-7-8-14(20-5-2)15(10-12)21-6-3/h7-8,10,13,17H,4-6,9,11H2,1-3H3,(H,18,19). The monoisotopic (exact) mass is 295 g/mol. The van der Waals surface area contributed by atoms with Crippen molar-refractivity contribution in [1.29, 1.82) is 0 Å². The number of hydrogen-bond acceptors (Lipinski definition) is 4. The van der Waals surface area contributed by atoms with Crippen molar-refractivity contribution in [3.05, 3.63) is 23.8 Å². The summed E-state index contributed by atoms with van der Waals surface area (Å²) in [6.07, 6.45) is 0.748. The van der Waals surface area contributed by atoms with Gasteiger partial charge in [-0.1, -0.05) is 13.0 Å². The van der Waals surface area contributed by atoms with Crippen LogP contribution in [0, 0.1) is 0 Å². The molecule has 0 amide bonds. The summed E-state index contributed by atoms with van der Waals surface area (Å²) in [5.74, 6) is 0.640. The van der Waals surface area contributed by atoms with Crippen LogP contribution >= 0.6 is 0 Å². The molecule has 0 saturated carbocycles. The number of ether oxygens (including phenoxy) is 2. The maximum atomic E-state index is 10.9. The SMILES string of the molecule is CCNC(CC(=O)O)Cc1ccc(OCC)c(OCC)c1. The lowest BCUT2D eigenvalue weighted by atomic mass is 10.0. The normalized spacial score (nSPS) is 12.0. The Morgan fingerprint density at radius 2 is 1.86 bits per heavy atom. The molecule has 0 bridgehead atoms. The number of carboxylic acids is 1. The van der Waals surface area contributed by atoms with Gasteiger partial charge < -0.3 is 19.9 Å². The van der Waals surface area contributed by atoms with E-state index in [1.807, 2.05) is 39.0 Å². The molecule has 5 heteroatoms. The molecule has 0 aliphatic carbocycles. The molecule has 0 aliphatic heterocycles. The van der Waals surface area contributed by atoms with Crippen LogP contribution < -0.4 is 14.8 Å². The molecule has 0 heterocycles. The predicted molar refractivity (Wildman–Crippen MR) is 82.2 cm³/mol. The van der Waals surface area contributed by atoms with Gasteiger partial charge in [-0.05, 0) is 44.5 Å². The Bertz CT molecular complexity index is 448. The molecule has 0 aromatic heterocycles. The van der Waals surface area contributed by atoms with Gasteiger partial charge in [0.15, 0.2) is 11.5 Å². The maximum absolute atomic E-state index is 10.9. The van der Waals surface area contributed by atoms with E-state index in [1.54, 1.807) is 0 Å². The van der Waals surface area contributed by atoms with Gasteiger partial charge in [-0.2, -0.15) is 0 Å². The van der Waals surface area contributed by atoms with E-state index in [-0.39, 0.29) is 12.5 Å². The molecule has 0 radical (unpaired) electrons. The third-order valence-corrected chi connectivity index (χ3v) is 3.00. The van der Waals surface area contributed by atoms with Crippen LogP contribution in [0.5, 0.6) is 11.5 Å². The van der Waals surface area contributed by atoms with Gasteiger partial charge >= 0.3 is 5.97 Å². The summed E-state index contributed by atoms with van der Waals surface area (Å²) in [6.45, 7) is 7.71. The summed E-state index contributed by atoms with van der Waals surface area (Å²) >= 11 is 0. The molecule has 0 aliphatic rings. The fourth-order valence-electron chi connectivity index (χ4n) is 2.22. The van der Waals surface area contributed by atoms with Crippen molar-refractivity contribution in [2.75, 3.05) is 19.8 Å². The van der Waals surface area contributed by atoms with Crippen LogP contribution in [0.15, 0.2) is 18.2 Å². The topological polar surface area (TPSA) is 67.8 Å². The summed E-state index contributed by atoms with van der Waals surface area (Å²) in [5, 5.41) is 12.2. The Morgan fingerprint density at radius 1 is 1.19 bits per heavy atom. The summed E-state index contributed by atoms with van der Waals surface area (Å²) in [5.41, 5.74) is 1.04. The highest BCUT2D eigenvalue weighted by molar-refractivity contribution is 5.67. The first-order valence-corrected chi connectivity index (χ1v) is 7.44. The minimum Gasteiger partial charge on any atom is -0.490 e. The molecule has 1 unspecified atom stereocenters. The predicted octanol–water partition coefficient (Wildman–Crippen LogP) is 2.48. The highest BCUT2D eigenvalue weighted by Gasteiger charge is 2.14. The van der Waals surface area contributed by atoms with Crippen LogP contribution in [0.1, 0.15) is 32.8 Å². The zero-order chi connectivity index (χ0) is 15.7. The number of nitrogens with one attached hydrogen (secondary N) is 1. The molecular weight excluding hydrogens is 270 g/mol. The zero-order valence-electron chi connectivity index (χ0n) is 13.0. The van der Waals surface area contributed by atoms with Crippen LogP contribution in [-0.4, -0.2) is 36.9 Å². The second-order valence-electron chi connectivity index (χ2n) is 4.70. The van der Waals surface area contributed by atoms with E-state index in [2.05, 4.69) is 5.32 Å². The molecule has 0 spiro atoms. The number of benzene rings is 1. The van der Waals surface area contributed by atoms with E-state index in [0.717, 1.165) is 17.9 Å². The quantitative estimate of drug-likeness (QED) is 0.694. The van der Waals surface area contributed by atoms with Gasteiger partial charge in [0.2, 0.25) is 0 Å². The summed E-state index contributed by atoms with van der Waals surface area (Å²) < 4.78 is 11.1. The van der Waals surface area contributed by atoms with Crippen molar-refractivity contribution in [1.82, 2.24) is 5.32 Å².